The van der Waals surface area contributed by atoms with Gasteiger partial charge in [0.05, 0.1) is 25.5 Å². The van der Waals surface area contributed by atoms with Crippen LogP contribution in [0, 0.1) is 0 Å². The lowest BCUT2D eigenvalue weighted by Gasteiger charge is -1.93. The molecule has 4 nitrogen and oxygen atoms in total. The molecule has 0 fully saturated rings. The molecule has 0 spiro atoms. The van der Waals surface area contributed by atoms with Gasteiger partial charge in [-0.15, -0.1) is 4.79 Å². The highest BCUT2D eigenvalue weighted by Gasteiger charge is 2.07. The van der Waals surface area contributed by atoms with Crippen molar-refractivity contribution in [2.24, 2.45) is 5.11 Å². The summed E-state index contributed by atoms with van der Waals surface area (Å²) in [4.78, 5) is 4.38. The highest BCUT2D eigenvalue weighted by molar-refractivity contribution is 5.37. The van der Waals surface area contributed by atoms with Crippen LogP contribution in [0.5, 0.6) is 0 Å². The van der Waals surface area contributed by atoms with Crippen molar-refractivity contribution in [3.05, 3.63) is 47.8 Å². The number of aromatic nitrogens is 2. The Balaban J connectivity index is 2.43. The topological polar surface area (TPSA) is 36.3 Å². The van der Waals surface area contributed by atoms with E-state index in [0.29, 0.717) is 0 Å². The van der Waals surface area contributed by atoms with E-state index in [1.807, 2.05) is 24.5 Å². The minimum absolute atomic E-state index is 0.892. The normalized spacial score (nSPS) is 10.3. The first-order valence-corrected chi connectivity index (χ1v) is 6.87. The Bertz CT molecular complexity index is 600. The minimum atomic E-state index is 0.892. The number of hydrogen-bond donors (Lipinski definition) is 0. The predicted molar refractivity (Wildman–Crippen MR) is 75.1 cm³/mol. The van der Waals surface area contributed by atoms with Gasteiger partial charge in [0.25, 0.3) is 0 Å². The van der Waals surface area contributed by atoms with Gasteiger partial charge < -0.3 is 0 Å². The highest BCUT2D eigenvalue weighted by Crippen LogP contribution is 2.11. The van der Waals surface area contributed by atoms with E-state index in [1.165, 1.54) is 5.56 Å². The smallest absolute Gasteiger partial charge is 0.220 e. The number of benzene rings is 1. The number of aryl methyl sites for hydroxylation is 3. The molecule has 0 N–H and O–H groups in total. The fraction of sp³-hybridized carbons (Fsp3) is 0.400. The van der Waals surface area contributed by atoms with E-state index >= 15 is 0 Å². The van der Waals surface area contributed by atoms with Gasteiger partial charge in [-0.3, -0.25) is 0 Å². The van der Waals surface area contributed by atoms with Crippen LogP contribution in [0.2, 0.25) is 0 Å². The van der Waals surface area contributed by atoms with Crippen LogP contribution >= 0.6 is 0 Å². The third-order valence-electron chi connectivity index (χ3n) is 3.22. The minimum Gasteiger partial charge on any atom is -0.220 e. The van der Waals surface area contributed by atoms with Gasteiger partial charge >= 0.3 is 5.62 Å². The van der Waals surface area contributed by atoms with Crippen LogP contribution in [0.1, 0.15) is 26.3 Å². The van der Waals surface area contributed by atoms with Crippen molar-refractivity contribution in [1.29, 1.82) is 0 Å². The van der Waals surface area contributed by atoms with Crippen LogP contribution in [0.3, 0.4) is 0 Å². The summed E-state index contributed by atoms with van der Waals surface area (Å²) in [6.45, 7) is 8.16. The summed E-state index contributed by atoms with van der Waals surface area (Å²) in [5, 5.41) is 4.32. The first-order valence-electron chi connectivity index (χ1n) is 6.87. The molecular weight excluding hydrogens is 236 g/mol. The Morgan fingerprint density at radius 2 is 1.53 bits per heavy atom. The molecule has 2 aromatic rings. The molecule has 0 saturated heterocycles. The molecule has 100 valence electrons. The van der Waals surface area contributed by atoms with Gasteiger partial charge in [-0.2, -0.15) is 0 Å². The number of rotatable bonds is 4. The predicted octanol–water partition coefficient (Wildman–Crippen LogP) is 2.78. The van der Waals surface area contributed by atoms with Crippen LogP contribution in [-0.2, 0) is 19.5 Å². The molecular formula is C15H21N4+. The van der Waals surface area contributed by atoms with Crippen LogP contribution < -0.4 is 5.62 Å². The Kier molecular flexibility index (Phi) is 4.37. The molecule has 0 aliphatic heterocycles. The first-order chi connectivity index (χ1) is 9.28. The molecule has 1 heterocycles. The first kappa shape index (κ1) is 13.4. The van der Waals surface area contributed by atoms with Crippen molar-refractivity contribution < 1.29 is 4.79 Å². The largest absolute Gasteiger partial charge is 0.478 e. The molecule has 0 amide bonds. The maximum Gasteiger partial charge on any atom is 0.478 e. The Morgan fingerprint density at radius 3 is 2.00 bits per heavy atom. The average molecular weight is 257 g/mol. The lowest BCUT2D eigenvalue weighted by molar-refractivity contribution is -0.152. The van der Waals surface area contributed by atoms with Crippen molar-refractivity contribution in [3.63, 3.8) is 0 Å². The third-order valence-corrected chi connectivity index (χ3v) is 3.22. The van der Waals surface area contributed by atoms with Gasteiger partial charge in [0.15, 0.2) is 0 Å². The molecule has 0 radical (unpaired) electrons. The van der Waals surface area contributed by atoms with Gasteiger partial charge in [-0.25, -0.2) is 9.13 Å². The molecule has 1 aromatic heterocycles. The molecule has 0 aliphatic carbocycles. The summed E-state index contributed by atoms with van der Waals surface area (Å²) in [6.07, 6.45) is 5.13. The summed E-state index contributed by atoms with van der Waals surface area (Å²) in [7, 11) is 0. The van der Waals surface area contributed by atoms with Gasteiger partial charge in [-0.1, -0.05) is 19.1 Å². The van der Waals surface area contributed by atoms with Crippen molar-refractivity contribution >= 4 is 5.69 Å². The average Bonchev–Trinajstić information content (AvgIpc) is 2.87. The zero-order valence-electron chi connectivity index (χ0n) is 11.9. The summed E-state index contributed by atoms with van der Waals surface area (Å²) >= 11 is 0. The second kappa shape index (κ2) is 6.21. The molecule has 2 rings (SSSR count). The molecule has 0 bridgehead atoms. The van der Waals surface area contributed by atoms with Crippen molar-refractivity contribution in [3.8, 4) is 0 Å². The lowest BCUT2D eigenvalue weighted by Crippen LogP contribution is -2.26. The highest BCUT2D eigenvalue weighted by atomic mass is 15.2. The monoisotopic (exact) mass is 257 g/mol. The van der Waals surface area contributed by atoms with Crippen molar-refractivity contribution in [2.45, 2.75) is 40.3 Å². The fourth-order valence-electron chi connectivity index (χ4n) is 1.97. The van der Waals surface area contributed by atoms with E-state index in [1.54, 1.807) is 0 Å². The second-order valence-corrected chi connectivity index (χ2v) is 4.39. The van der Waals surface area contributed by atoms with E-state index in [2.05, 4.69) is 51.9 Å². The van der Waals surface area contributed by atoms with Gasteiger partial charge in [-0.05, 0) is 43.1 Å². The molecule has 0 saturated carbocycles. The Hall–Kier alpha value is -2.06. The van der Waals surface area contributed by atoms with Crippen LogP contribution in [-0.4, -0.2) is 13.9 Å². The molecule has 0 atom stereocenters. The van der Waals surface area contributed by atoms with E-state index in [-0.39, 0.29) is 0 Å². The van der Waals surface area contributed by atoms with E-state index in [9.17, 15) is 0 Å². The van der Waals surface area contributed by atoms with Crippen LogP contribution in [0.25, 0.3) is 0 Å². The summed E-state index contributed by atoms with van der Waals surface area (Å²) < 4.78 is 4.18. The summed E-state index contributed by atoms with van der Waals surface area (Å²) in [6, 6.07) is 8.22. The third kappa shape index (κ3) is 3.04. The Morgan fingerprint density at radius 1 is 0.947 bits per heavy atom. The maximum absolute atomic E-state index is 4.38. The zero-order chi connectivity index (χ0) is 13.7. The van der Waals surface area contributed by atoms with E-state index < -0.39 is 0 Å². The van der Waals surface area contributed by atoms with Gasteiger partial charge in [0, 0.05) is 0 Å². The quantitative estimate of drug-likeness (QED) is 0.596. The fourth-order valence-corrected chi connectivity index (χ4v) is 1.97. The number of nitrogens with zero attached hydrogens (tertiary/aromatic N) is 4. The molecule has 1 aromatic carbocycles. The van der Waals surface area contributed by atoms with E-state index in [4.69, 9.17) is 0 Å². The summed E-state index contributed by atoms with van der Waals surface area (Å²) in [5.41, 5.74) is 3.10. The number of hydrogen-bond acceptors (Lipinski definition) is 1. The van der Waals surface area contributed by atoms with Crippen LogP contribution in [0.4, 0.5) is 5.69 Å². The standard InChI is InChI=1S/C15H21N4/c1-4-13-7-9-14(10-8-13)16-17-15-18(5-2)11-12-19(15)6-3/h7-12H,4-6H2,1-3H3/q+1. The summed E-state index contributed by atoms with van der Waals surface area (Å²) in [5.74, 6) is 0. The van der Waals surface area contributed by atoms with Crippen molar-refractivity contribution in [2.75, 3.05) is 0 Å². The second-order valence-electron chi connectivity index (χ2n) is 4.39. The molecule has 0 unspecified atom stereocenters. The van der Waals surface area contributed by atoms with Gasteiger partial charge in [0.2, 0.25) is 0 Å². The zero-order valence-corrected chi connectivity index (χ0v) is 11.9. The Labute approximate surface area is 113 Å². The lowest BCUT2D eigenvalue weighted by atomic mass is 10.2. The van der Waals surface area contributed by atoms with Crippen LogP contribution in [0.15, 0.2) is 41.8 Å². The molecule has 19 heavy (non-hydrogen) atoms. The van der Waals surface area contributed by atoms with Gasteiger partial charge in [0.1, 0.15) is 5.69 Å². The van der Waals surface area contributed by atoms with E-state index in [0.717, 1.165) is 30.8 Å². The number of imidazole rings is 1. The SMILES string of the molecule is CCc1ccc(N=[N+]=c2n(CC)ccn2CC)cc1. The molecule has 0 aliphatic rings. The van der Waals surface area contributed by atoms with Crippen molar-refractivity contribution in [1.82, 2.24) is 9.13 Å². The maximum atomic E-state index is 4.38. The molecule has 4 heteroatoms.